The Bertz CT molecular complexity index is 602. The number of carbonyl (C=O) groups excluding carboxylic acids is 2. The predicted octanol–water partition coefficient (Wildman–Crippen LogP) is 1.17. The van der Waals surface area contributed by atoms with Crippen molar-refractivity contribution in [2.45, 2.75) is 38.8 Å². The van der Waals surface area contributed by atoms with Crippen LogP contribution in [0.5, 0.6) is 0 Å². The summed E-state index contributed by atoms with van der Waals surface area (Å²) in [6.07, 6.45) is 3.24. The zero-order valence-corrected chi connectivity index (χ0v) is 14.5. The van der Waals surface area contributed by atoms with Gasteiger partial charge in [-0.05, 0) is 12.3 Å². The first kappa shape index (κ1) is 17.3. The Labute approximate surface area is 136 Å². The van der Waals surface area contributed by atoms with E-state index in [2.05, 4.69) is 0 Å². The number of halogens is 1. The largest absolute Gasteiger partial charge is 0.336 e. The van der Waals surface area contributed by atoms with E-state index in [1.165, 1.54) is 5.54 Å². The number of fused-ring (bicyclic) bond motifs is 1. The van der Waals surface area contributed by atoms with Gasteiger partial charge in [0.25, 0.3) is 0 Å². The molecule has 2 aliphatic rings. The topological polar surface area (TPSA) is 74.8 Å². The first-order chi connectivity index (χ1) is 10.2. The summed E-state index contributed by atoms with van der Waals surface area (Å²) < 4.78 is 24.9. The molecular formula is C14H21ClN2O4S. The molecule has 2 aliphatic heterocycles. The van der Waals surface area contributed by atoms with Crippen molar-refractivity contribution in [3.8, 4) is 0 Å². The SMILES string of the molecule is CC(C)[C@H]1C(=O)N(S(C)(=O)=O)[C@H]2CCN(C(=O)C/C=C\Cl)[C@H]12. The van der Waals surface area contributed by atoms with Crippen molar-refractivity contribution >= 4 is 33.4 Å². The monoisotopic (exact) mass is 348 g/mol. The number of nitrogens with zero attached hydrogens (tertiary/aromatic N) is 2. The average molecular weight is 349 g/mol. The van der Waals surface area contributed by atoms with E-state index in [0.29, 0.717) is 13.0 Å². The molecule has 2 amide bonds. The third-order valence-corrected chi connectivity index (χ3v) is 5.71. The molecule has 0 unspecified atom stereocenters. The van der Waals surface area contributed by atoms with Gasteiger partial charge in [0.05, 0.1) is 24.3 Å². The maximum Gasteiger partial charge on any atom is 0.241 e. The van der Waals surface area contributed by atoms with Gasteiger partial charge in [0, 0.05) is 18.5 Å². The molecule has 2 fully saturated rings. The molecule has 0 aromatic rings. The van der Waals surface area contributed by atoms with Crippen LogP contribution in [0.15, 0.2) is 11.6 Å². The molecule has 2 rings (SSSR count). The molecule has 0 spiro atoms. The molecule has 2 heterocycles. The highest BCUT2D eigenvalue weighted by molar-refractivity contribution is 7.88. The molecule has 3 atom stereocenters. The maximum absolute atomic E-state index is 12.6. The zero-order valence-electron chi connectivity index (χ0n) is 12.9. The molecule has 0 radical (unpaired) electrons. The molecular weight excluding hydrogens is 328 g/mol. The van der Waals surface area contributed by atoms with Crippen molar-refractivity contribution in [3.63, 3.8) is 0 Å². The normalized spacial score (nSPS) is 29.0. The molecule has 0 N–H and O–H groups in total. The van der Waals surface area contributed by atoms with Crippen LogP contribution in [-0.2, 0) is 19.6 Å². The number of carbonyl (C=O) groups is 2. The molecule has 6 nitrogen and oxygen atoms in total. The quantitative estimate of drug-likeness (QED) is 0.764. The minimum absolute atomic E-state index is 0.0382. The number of hydrogen-bond acceptors (Lipinski definition) is 4. The van der Waals surface area contributed by atoms with Crippen LogP contribution in [0, 0.1) is 11.8 Å². The fourth-order valence-corrected chi connectivity index (χ4v) is 4.85. The lowest BCUT2D eigenvalue weighted by atomic mass is 9.88. The molecule has 0 saturated carbocycles. The Morgan fingerprint density at radius 3 is 2.59 bits per heavy atom. The summed E-state index contributed by atoms with van der Waals surface area (Å²) >= 11 is 5.46. The molecule has 124 valence electrons. The van der Waals surface area contributed by atoms with Gasteiger partial charge in [-0.1, -0.05) is 31.5 Å². The molecule has 0 aromatic carbocycles. The van der Waals surface area contributed by atoms with Gasteiger partial charge in [0.1, 0.15) is 0 Å². The molecule has 22 heavy (non-hydrogen) atoms. The van der Waals surface area contributed by atoms with Crippen molar-refractivity contribution in [3.05, 3.63) is 11.6 Å². The Hall–Kier alpha value is -1.08. The highest BCUT2D eigenvalue weighted by Crippen LogP contribution is 2.41. The van der Waals surface area contributed by atoms with Crippen LogP contribution in [-0.4, -0.2) is 54.3 Å². The van der Waals surface area contributed by atoms with Gasteiger partial charge in [-0.3, -0.25) is 9.59 Å². The van der Waals surface area contributed by atoms with Crippen molar-refractivity contribution in [1.82, 2.24) is 9.21 Å². The number of rotatable bonds is 4. The maximum atomic E-state index is 12.6. The van der Waals surface area contributed by atoms with Crippen LogP contribution in [0.1, 0.15) is 26.7 Å². The summed E-state index contributed by atoms with van der Waals surface area (Å²) in [5.74, 6) is -1.04. The van der Waals surface area contributed by atoms with Gasteiger partial charge in [0.2, 0.25) is 21.8 Å². The molecule has 2 saturated heterocycles. The van der Waals surface area contributed by atoms with Crippen molar-refractivity contribution in [2.24, 2.45) is 11.8 Å². The van der Waals surface area contributed by atoms with Gasteiger partial charge in [-0.25, -0.2) is 12.7 Å². The Kier molecular flexibility index (Phi) is 4.87. The lowest BCUT2D eigenvalue weighted by Gasteiger charge is -2.29. The fourth-order valence-electron chi connectivity index (χ4n) is 3.59. The van der Waals surface area contributed by atoms with Crippen LogP contribution < -0.4 is 0 Å². The van der Waals surface area contributed by atoms with Crippen LogP contribution in [0.3, 0.4) is 0 Å². The fraction of sp³-hybridized carbons (Fsp3) is 0.714. The third-order valence-electron chi connectivity index (χ3n) is 4.37. The summed E-state index contributed by atoms with van der Waals surface area (Å²) in [5, 5.41) is 0. The van der Waals surface area contributed by atoms with Crippen molar-refractivity contribution in [2.75, 3.05) is 12.8 Å². The van der Waals surface area contributed by atoms with Gasteiger partial charge in [-0.15, -0.1) is 0 Å². The van der Waals surface area contributed by atoms with Crippen LogP contribution in [0.2, 0.25) is 0 Å². The van der Waals surface area contributed by atoms with E-state index in [-0.39, 0.29) is 24.3 Å². The Morgan fingerprint density at radius 2 is 2.09 bits per heavy atom. The summed E-state index contributed by atoms with van der Waals surface area (Å²) in [5.41, 5.74) is 1.29. The summed E-state index contributed by atoms with van der Waals surface area (Å²) in [7, 11) is -3.63. The van der Waals surface area contributed by atoms with Crippen molar-refractivity contribution < 1.29 is 18.0 Å². The molecule has 0 bridgehead atoms. The van der Waals surface area contributed by atoms with Gasteiger partial charge >= 0.3 is 0 Å². The van der Waals surface area contributed by atoms with E-state index in [1.54, 1.807) is 11.0 Å². The first-order valence-electron chi connectivity index (χ1n) is 7.28. The third kappa shape index (κ3) is 2.88. The Balaban J connectivity index is 2.36. The lowest BCUT2D eigenvalue weighted by Crippen LogP contribution is -2.44. The van der Waals surface area contributed by atoms with E-state index in [0.717, 1.165) is 10.6 Å². The second kappa shape index (κ2) is 6.20. The first-order valence-corrected chi connectivity index (χ1v) is 9.56. The van der Waals surface area contributed by atoms with E-state index in [9.17, 15) is 18.0 Å². The minimum atomic E-state index is -3.63. The Morgan fingerprint density at radius 1 is 1.45 bits per heavy atom. The number of hydrogen-bond donors (Lipinski definition) is 0. The smallest absolute Gasteiger partial charge is 0.241 e. The van der Waals surface area contributed by atoms with E-state index < -0.39 is 27.9 Å². The van der Waals surface area contributed by atoms with Crippen molar-refractivity contribution in [1.29, 1.82) is 0 Å². The number of amides is 2. The predicted molar refractivity (Wildman–Crippen MR) is 83.5 cm³/mol. The summed E-state index contributed by atoms with van der Waals surface area (Å²) in [6, 6.07) is -0.822. The molecule has 0 aromatic heterocycles. The minimum Gasteiger partial charge on any atom is -0.336 e. The standard InChI is InChI=1S/C14H21ClN2O4S/c1-9(2)12-13-10(17(14(12)19)22(3,20)21)6-8-16(13)11(18)5-4-7-15/h4,7,9-10,12-13H,5-6,8H2,1-3H3/b7-4-/t10-,12+,13-/m0/s1. The average Bonchev–Trinajstić information content (AvgIpc) is 2.90. The highest BCUT2D eigenvalue weighted by atomic mass is 35.5. The van der Waals surface area contributed by atoms with Gasteiger partial charge in [-0.2, -0.15) is 0 Å². The lowest BCUT2D eigenvalue weighted by molar-refractivity contribution is -0.134. The van der Waals surface area contributed by atoms with Gasteiger partial charge in [0.15, 0.2) is 0 Å². The number of likely N-dealkylation sites (tertiary alicyclic amines) is 1. The zero-order chi connectivity index (χ0) is 16.7. The number of sulfonamides is 1. The molecule has 0 aliphatic carbocycles. The second-order valence-corrected chi connectivity index (χ2v) is 8.28. The molecule has 8 heteroatoms. The van der Waals surface area contributed by atoms with E-state index in [4.69, 9.17) is 11.6 Å². The van der Waals surface area contributed by atoms with E-state index in [1.807, 2.05) is 13.8 Å². The van der Waals surface area contributed by atoms with E-state index >= 15 is 0 Å². The summed E-state index contributed by atoms with van der Waals surface area (Å²) in [6.45, 7) is 4.23. The van der Waals surface area contributed by atoms with Crippen LogP contribution in [0.25, 0.3) is 0 Å². The highest BCUT2D eigenvalue weighted by Gasteiger charge is 2.58. The van der Waals surface area contributed by atoms with Crippen LogP contribution >= 0.6 is 11.6 Å². The summed E-state index contributed by atoms with van der Waals surface area (Å²) in [4.78, 5) is 26.5. The second-order valence-electron chi connectivity index (χ2n) is 6.17. The van der Waals surface area contributed by atoms with Gasteiger partial charge < -0.3 is 4.90 Å². The van der Waals surface area contributed by atoms with Crippen LogP contribution in [0.4, 0.5) is 0 Å².